The highest BCUT2D eigenvalue weighted by Crippen LogP contribution is 2.60. The number of unbranched alkanes of at least 4 members (excludes halogenated alkanes) is 1. The van der Waals surface area contributed by atoms with Gasteiger partial charge in [0.1, 0.15) is 0 Å². The minimum Gasteiger partial charge on any atom is -0.469 e. The highest BCUT2D eigenvalue weighted by molar-refractivity contribution is 6.72. The van der Waals surface area contributed by atoms with Crippen molar-refractivity contribution >= 4 is 37.6 Å². The fourth-order valence-electron chi connectivity index (χ4n) is 8.15. The highest BCUT2D eigenvalue weighted by Gasteiger charge is 2.66. The van der Waals surface area contributed by atoms with Gasteiger partial charge in [-0.3, -0.25) is 19.1 Å². The topological polar surface area (TPSA) is 127 Å². The van der Waals surface area contributed by atoms with E-state index in [4.69, 9.17) is 9.47 Å². The van der Waals surface area contributed by atoms with Crippen molar-refractivity contribution in [2.45, 2.75) is 88.3 Å². The van der Waals surface area contributed by atoms with Crippen LogP contribution in [0.5, 0.6) is 0 Å². The summed E-state index contributed by atoms with van der Waals surface area (Å²) in [6.07, 6.45) is 4.23. The second kappa shape index (κ2) is 14.1. The van der Waals surface area contributed by atoms with Crippen LogP contribution in [0, 0.1) is 5.92 Å². The number of ether oxygens (including phenoxy) is 2. The predicted octanol–water partition coefficient (Wildman–Crippen LogP) is 5.08. The number of aliphatic hydroxyl groups is 1. The number of aromatic nitrogens is 3. The zero-order valence-electron chi connectivity index (χ0n) is 28.7. The molecule has 0 aliphatic carbocycles. The Kier molecular flexibility index (Phi) is 10.1. The molecule has 1 spiro atoms. The number of carbonyl (C=O) groups is 3. The standard InChI is InChI=1S/C36H46FN5O6Si/c1-24-34(49(3,4)37)31(17-20-40-22-29(38-39-40)27(23-43)25-11-6-5-7-12-25)48-36(24)28-21-26(41-19-10-13-32(41)44)15-16-30(28)42(35(36)46)18-9-8-14-33(45)47-2/h5-7,11-12,15-16,21-22,24,27,31,34,43H,8-10,13-14,17-20,23H2,1-4H3/t24-,27?,31+,34-,36+/m0/s1. The SMILES string of the molecule is COC(=O)CCCCN1C(=O)[C@]2(O[C@H](CCn3cc(C(CO)c4ccccc4)nn3)[C@@H]([Si](C)(C)F)[C@@H]2C)c2cc(N3CCCC3=O)ccc21. The van der Waals surface area contributed by atoms with Gasteiger partial charge < -0.3 is 28.5 Å². The number of hydrogen-bond acceptors (Lipinski definition) is 8. The van der Waals surface area contributed by atoms with Gasteiger partial charge >= 0.3 is 5.97 Å². The Bertz CT molecular complexity index is 1680. The van der Waals surface area contributed by atoms with Crippen LogP contribution in [0.25, 0.3) is 0 Å². The van der Waals surface area contributed by atoms with Crippen LogP contribution in [-0.4, -0.2) is 79.2 Å². The first kappa shape index (κ1) is 34.9. The summed E-state index contributed by atoms with van der Waals surface area (Å²) in [5.41, 5.74) is 1.70. The molecular weight excluding hydrogens is 646 g/mol. The summed E-state index contributed by atoms with van der Waals surface area (Å²) < 4.78 is 29.8. The molecule has 2 aromatic carbocycles. The van der Waals surface area contributed by atoms with Crippen molar-refractivity contribution in [3.05, 3.63) is 71.5 Å². The number of halogens is 1. The normalized spacial score (nSPS) is 24.2. The lowest BCUT2D eigenvalue weighted by Gasteiger charge is -2.31. The summed E-state index contributed by atoms with van der Waals surface area (Å²) in [6.45, 7) is 6.50. The van der Waals surface area contributed by atoms with Crippen LogP contribution in [0.4, 0.5) is 15.5 Å². The fraction of sp³-hybridized carbons (Fsp3) is 0.528. The van der Waals surface area contributed by atoms with Gasteiger partial charge in [0.2, 0.25) is 14.3 Å². The maximum Gasteiger partial charge on any atom is 0.305 e. The fourth-order valence-corrected chi connectivity index (χ4v) is 10.7. The number of aliphatic hydroxyl groups excluding tert-OH is 1. The second-order valence-electron chi connectivity index (χ2n) is 14.0. The van der Waals surface area contributed by atoms with Crippen molar-refractivity contribution in [2.75, 3.05) is 36.6 Å². The first-order valence-electron chi connectivity index (χ1n) is 17.3. The maximum atomic E-state index is 16.4. The van der Waals surface area contributed by atoms with Gasteiger partial charge in [-0.15, -0.1) is 5.10 Å². The molecule has 3 aliphatic heterocycles. The third-order valence-corrected chi connectivity index (χ3v) is 13.0. The molecule has 3 aliphatic rings. The zero-order chi connectivity index (χ0) is 34.9. The number of nitrogens with zero attached hydrogens (tertiary/aromatic N) is 5. The maximum absolute atomic E-state index is 16.4. The molecular formula is C36H46FN5O6Si. The van der Waals surface area contributed by atoms with Crippen molar-refractivity contribution < 1.29 is 33.1 Å². The third-order valence-electron chi connectivity index (χ3n) is 10.5. The van der Waals surface area contributed by atoms with E-state index >= 15 is 4.11 Å². The van der Waals surface area contributed by atoms with Crippen molar-refractivity contribution in [2.24, 2.45) is 5.92 Å². The van der Waals surface area contributed by atoms with E-state index in [1.807, 2.05) is 55.5 Å². The summed E-state index contributed by atoms with van der Waals surface area (Å²) in [7, 11) is -2.05. The minimum atomic E-state index is -3.41. The predicted molar refractivity (Wildman–Crippen MR) is 184 cm³/mol. The Morgan fingerprint density at radius 3 is 2.61 bits per heavy atom. The quantitative estimate of drug-likeness (QED) is 0.114. The van der Waals surface area contributed by atoms with Crippen LogP contribution >= 0.6 is 0 Å². The average molecular weight is 692 g/mol. The van der Waals surface area contributed by atoms with Gasteiger partial charge in [-0.05, 0) is 62.5 Å². The number of anilines is 2. The number of methoxy groups -OCH3 is 1. The largest absolute Gasteiger partial charge is 0.469 e. The van der Waals surface area contributed by atoms with Crippen LogP contribution in [-0.2, 0) is 36.0 Å². The van der Waals surface area contributed by atoms with E-state index in [1.165, 1.54) is 7.11 Å². The second-order valence-corrected chi connectivity index (χ2v) is 17.7. The molecule has 4 heterocycles. The van der Waals surface area contributed by atoms with Crippen molar-refractivity contribution in [3.63, 3.8) is 0 Å². The number of carbonyl (C=O) groups excluding carboxylic acids is 3. The van der Waals surface area contributed by atoms with Gasteiger partial charge in [-0.25, -0.2) is 0 Å². The van der Waals surface area contributed by atoms with Gasteiger partial charge in [0, 0.05) is 61.4 Å². The van der Waals surface area contributed by atoms with Gasteiger partial charge in [-0.1, -0.05) is 42.5 Å². The first-order chi connectivity index (χ1) is 23.5. The van der Waals surface area contributed by atoms with E-state index in [1.54, 1.807) is 33.8 Å². The first-order valence-corrected chi connectivity index (χ1v) is 20.2. The van der Waals surface area contributed by atoms with Gasteiger partial charge in [0.25, 0.3) is 5.91 Å². The lowest BCUT2D eigenvalue weighted by atomic mass is 9.82. The highest BCUT2D eigenvalue weighted by atomic mass is 28.4. The van der Waals surface area contributed by atoms with E-state index in [0.717, 1.165) is 12.0 Å². The number of hydrogen-bond donors (Lipinski definition) is 1. The monoisotopic (exact) mass is 691 g/mol. The molecule has 0 radical (unpaired) electrons. The van der Waals surface area contributed by atoms with E-state index < -0.39 is 31.6 Å². The lowest BCUT2D eigenvalue weighted by Crippen LogP contribution is -2.45. The zero-order valence-corrected chi connectivity index (χ0v) is 29.7. The Labute approximate surface area is 287 Å². The smallest absolute Gasteiger partial charge is 0.305 e. The number of amides is 2. The van der Waals surface area contributed by atoms with E-state index in [-0.39, 0.29) is 36.7 Å². The molecule has 2 saturated heterocycles. The van der Waals surface area contributed by atoms with Crippen LogP contribution in [0.3, 0.4) is 0 Å². The molecule has 6 rings (SSSR count). The summed E-state index contributed by atoms with van der Waals surface area (Å²) in [5, 5.41) is 18.8. The molecule has 262 valence electrons. The molecule has 5 atom stereocenters. The lowest BCUT2D eigenvalue weighted by molar-refractivity contribution is -0.146. The minimum absolute atomic E-state index is 0.0364. The van der Waals surface area contributed by atoms with Gasteiger partial charge in [0.05, 0.1) is 37.1 Å². The Hall–Kier alpha value is -3.94. The number of aryl methyl sites for hydroxylation is 1. The van der Waals surface area contributed by atoms with Crippen LogP contribution < -0.4 is 9.80 Å². The van der Waals surface area contributed by atoms with Crippen LogP contribution in [0.2, 0.25) is 18.6 Å². The van der Waals surface area contributed by atoms with Crippen molar-refractivity contribution in [1.82, 2.24) is 15.0 Å². The summed E-state index contributed by atoms with van der Waals surface area (Å²) in [4.78, 5) is 42.6. The molecule has 1 aromatic heterocycles. The molecule has 1 N–H and O–H groups in total. The Morgan fingerprint density at radius 1 is 1.16 bits per heavy atom. The molecule has 11 nitrogen and oxygen atoms in total. The van der Waals surface area contributed by atoms with Gasteiger partial charge in [-0.2, -0.15) is 0 Å². The third kappa shape index (κ3) is 6.55. The van der Waals surface area contributed by atoms with E-state index in [9.17, 15) is 19.5 Å². The molecule has 1 unspecified atom stereocenters. The molecule has 2 fully saturated rings. The average Bonchev–Trinajstić information content (AvgIpc) is 3.85. The molecule has 49 heavy (non-hydrogen) atoms. The van der Waals surface area contributed by atoms with Crippen molar-refractivity contribution in [1.29, 1.82) is 0 Å². The van der Waals surface area contributed by atoms with Gasteiger partial charge in [0.15, 0.2) is 5.60 Å². The number of rotatable bonds is 13. The molecule has 3 aromatic rings. The van der Waals surface area contributed by atoms with E-state index in [2.05, 4.69) is 10.3 Å². The van der Waals surface area contributed by atoms with Crippen LogP contribution in [0.15, 0.2) is 54.7 Å². The summed E-state index contributed by atoms with van der Waals surface area (Å²) >= 11 is 0. The molecule has 13 heteroatoms. The molecule has 0 saturated carbocycles. The summed E-state index contributed by atoms with van der Waals surface area (Å²) in [6, 6.07) is 15.3. The van der Waals surface area contributed by atoms with Crippen molar-refractivity contribution in [3.8, 4) is 0 Å². The summed E-state index contributed by atoms with van der Waals surface area (Å²) in [5.74, 6) is -1.31. The van der Waals surface area contributed by atoms with Crippen LogP contribution in [0.1, 0.15) is 68.2 Å². The molecule has 0 bridgehead atoms. The number of fused-ring (bicyclic) bond motifs is 2. The number of benzene rings is 2. The number of esters is 1. The van der Waals surface area contributed by atoms with E-state index in [0.29, 0.717) is 67.9 Å². The molecule has 2 amide bonds. The Morgan fingerprint density at radius 2 is 1.94 bits per heavy atom. The Balaban J connectivity index is 1.30.